The van der Waals surface area contributed by atoms with Crippen molar-refractivity contribution >= 4 is 34.8 Å². The Hall–Kier alpha value is -1.45. The highest BCUT2D eigenvalue weighted by Crippen LogP contribution is 2.30. The second-order valence-electron chi connectivity index (χ2n) is 5.68. The van der Waals surface area contributed by atoms with Gasteiger partial charge in [0.15, 0.2) is 0 Å². The molecule has 21 heavy (non-hydrogen) atoms. The minimum atomic E-state index is -0.160. The number of nitrogens with zero attached hydrogens (tertiary/aromatic N) is 1. The predicted molar refractivity (Wildman–Crippen MR) is 91.1 cm³/mol. The molecule has 0 amide bonds. The van der Waals surface area contributed by atoms with Crippen molar-refractivity contribution in [3.63, 3.8) is 0 Å². The highest BCUT2D eigenvalue weighted by Gasteiger charge is 2.20. The Labute approximate surface area is 135 Å². The maximum Gasteiger partial charge on any atom is 0.147 e. The predicted octanol–water partition coefficient (Wildman–Crippen LogP) is 4.79. The Kier molecular flexibility index (Phi) is 4.96. The zero-order valence-electron chi connectivity index (χ0n) is 12.2. The molecule has 0 spiro atoms. The summed E-state index contributed by atoms with van der Waals surface area (Å²) in [6.07, 6.45) is 1.92. The summed E-state index contributed by atoms with van der Waals surface area (Å²) in [5.41, 5.74) is 6.88. The van der Waals surface area contributed by atoms with Crippen LogP contribution < -0.4 is 11.1 Å². The molecule has 0 bridgehead atoms. The number of nitrogen functional groups attached to an aromatic ring is 1. The van der Waals surface area contributed by atoms with E-state index in [-0.39, 0.29) is 11.4 Å². The van der Waals surface area contributed by atoms with Gasteiger partial charge in [0.25, 0.3) is 0 Å². The molecule has 2 rings (SSSR count). The summed E-state index contributed by atoms with van der Waals surface area (Å²) in [7, 11) is 0. The molecule has 0 aliphatic heterocycles. The van der Waals surface area contributed by atoms with E-state index in [2.05, 4.69) is 36.3 Å². The van der Waals surface area contributed by atoms with Crippen molar-refractivity contribution in [3.05, 3.63) is 52.0 Å². The first kappa shape index (κ1) is 15.9. The van der Waals surface area contributed by atoms with E-state index in [1.165, 1.54) is 5.56 Å². The Morgan fingerprint density at radius 3 is 2.48 bits per heavy atom. The van der Waals surface area contributed by atoms with Gasteiger partial charge >= 0.3 is 0 Å². The van der Waals surface area contributed by atoms with Crippen molar-refractivity contribution in [3.8, 4) is 0 Å². The van der Waals surface area contributed by atoms with Crippen LogP contribution in [0.4, 0.5) is 11.6 Å². The number of halogens is 2. The van der Waals surface area contributed by atoms with E-state index in [1.54, 1.807) is 6.07 Å². The first-order valence-corrected chi connectivity index (χ1v) is 7.56. The van der Waals surface area contributed by atoms with Crippen LogP contribution in [0.3, 0.4) is 0 Å². The summed E-state index contributed by atoms with van der Waals surface area (Å²) < 4.78 is 0. The molecule has 3 nitrogen and oxygen atoms in total. The van der Waals surface area contributed by atoms with E-state index in [0.29, 0.717) is 15.9 Å². The van der Waals surface area contributed by atoms with Gasteiger partial charge in [-0.05, 0) is 38.3 Å². The molecule has 0 aliphatic carbocycles. The van der Waals surface area contributed by atoms with Crippen molar-refractivity contribution in [2.45, 2.75) is 32.2 Å². The molecule has 3 N–H and O–H groups in total. The van der Waals surface area contributed by atoms with E-state index in [1.807, 2.05) is 18.2 Å². The van der Waals surface area contributed by atoms with Gasteiger partial charge in [0.2, 0.25) is 0 Å². The van der Waals surface area contributed by atoms with Crippen LogP contribution in [-0.2, 0) is 6.42 Å². The quantitative estimate of drug-likeness (QED) is 0.831. The summed E-state index contributed by atoms with van der Waals surface area (Å²) in [6.45, 7) is 4.22. The van der Waals surface area contributed by atoms with Gasteiger partial charge in [0.1, 0.15) is 11.6 Å². The number of pyridine rings is 1. The SMILES string of the molecule is CC(C)(CCc1ccccc1)Nc1nc(N)c(Cl)cc1Cl. The molecule has 0 atom stereocenters. The van der Waals surface area contributed by atoms with Gasteiger partial charge in [0.05, 0.1) is 10.0 Å². The van der Waals surface area contributed by atoms with Crippen molar-refractivity contribution in [2.24, 2.45) is 0 Å². The zero-order valence-corrected chi connectivity index (χ0v) is 13.7. The number of hydrogen-bond donors (Lipinski definition) is 2. The largest absolute Gasteiger partial charge is 0.382 e. The van der Waals surface area contributed by atoms with E-state index in [4.69, 9.17) is 28.9 Å². The standard InChI is InChI=1S/C16H19Cl2N3/c1-16(2,9-8-11-6-4-3-5-7-11)21-15-13(18)10-12(17)14(19)20-15/h3-7,10H,8-9H2,1-2H3,(H3,19,20,21). The normalized spacial score (nSPS) is 11.4. The molecular weight excluding hydrogens is 305 g/mol. The van der Waals surface area contributed by atoms with Gasteiger partial charge in [-0.2, -0.15) is 0 Å². The number of aromatic nitrogens is 1. The Bertz CT molecular complexity index is 612. The maximum absolute atomic E-state index is 6.16. The number of rotatable bonds is 5. The zero-order chi connectivity index (χ0) is 15.5. The van der Waals surface area contributed by atoms with E-state index in [9.17, 15) is 0 Å². The minimum Gasteiger partial charge on any atom is -0.382 e. The third-order valence-electron chi connectivity index (χ3n) is 3.29. The molecule has 0 saturated heterocycles. The fraction of sp³-hybridized carbons (Fsp3) is 0.312. The van der Waals surface area contributed by atoms with Crippen molar-refractivity contribution in [1.82, 2.24) is 4.98 Å². The van der Waals surface area contributed by atoms with E-state index < -0.39 is 0 Å². The lowest BCUT2D eigenvalue weighted by Crippen LogP contribution is -2.32. The Morgan fingerprint density at radius 1 is 1.14 bits per heavy atom. The number of aryl methyl sites for hydroxylation is 1. The lowest BCUT2D eigenvalue weighted by molar-refractivity contribution is 0.517. The molecule has 0 radical (unpaired) electrons. The first-order chi connectivity index (χ1) is 9.87. The summed E-state index contributed by atoms with van der Waals surface area (Å²) in [6, 6.07) is 12.0. The highest BCUT2D eigenvalue weighted by atomic mass is 35.5. The number of anilines is 2. The number of benzene rings is 1. The molecule has 0 fully saturated rings. The van der Waals surface area contributed by atoms with Gasteiger partial charge in [-0.25, -0.2) is 4.98 Å². The second kappa shape index (κ2) is 6.54. The van der Waals surface area contributed by atoms with Gasteiger partial charge < -0.3 is 11.1 Å². The number of hydrogen-bond acceptors (Lipinski definition) is 3. The highest BCUT2D eigenvalue weighted by molar-refractivity contribution is 6.37. The lowest BCUT2D eigenvalue weighted by Gasteiger charge is -2.27. The smallest absolute Gasteiger partial charge is 0.147 e. The molecule has 2 aromatic rings. The topological polar surface area (TPSA) is 50.9 Å². The first-order valence-electron chi connectivity index (χ1n) is 6.81. The number of nitrogens with two attached hydrogens (primary N) is 1. The maximum atomic E-state index is 6.16. The van der Waals surface area contributed by atoms with Gasteiger partial charge in [-0.3, -0.25) is 0 Å². The van der Waals surface area contributed by atoms with Crippen LogP contribution >= 0.6 is 23.2 Å². The third-order valence-corrected chi connectivity index (χ3v) is 3.89. The van der Waals surface area contributed by atoms with E-state index >= 15 is 0 Å². The Morgan fingerprint density at radius 2 is 1.81 bits per heavy atom. The fourth-order valence-corrected chi connectivity index (χ4v) is 2.46. The van der Waals surface area contributed by atoms with E-state index in [0.717, 1.165) is 12.8 Å². The number of nitrogens with one attached hydrogen (secondary N) is 1. The molecule has 1 heterocycles. The van der Waals surface area contributed by atoms with Crippen LogP contribution in [0.2, 0.25) is 10.0 Å². The van der Waals surface area contributed by atoms with Crippen LogP contribution in [0.1, 0.15) is 25.8 Å². The fourth-order valence-electron chi connectivity index (χ4n) is 2.05. The summed E-state index contributed by atoms with van der Waals surface area (Å²) in [5, 5.41) is 4.19. The average molecular weight is 324 g/mol. The molecule has 1 aromatic carbocycles. The van der Waals surface area contributed by atoms with Crippen molar-refractivity contribution < 1.29 is 0 Å². The van der Waals surface area contributed by atoms with Crippen molar-refractivity contribution in [1.29, 1.82) is 0 Å². The van der Waals surface area contributed by atoms with Gasteiger partial charge in [-0.15, -0.1) is 0 Å². The lowest BCUT2D eigenvalue weighted by atomic mass is 9.95. The molecule has 1 aromatic heterocycles. The van der Waals surface area contributed by atoms with Gasteiger partial charge in [0, 0.05) is 5.54 Å². The van der Waals surface area contributed by atoms with Crippen LogP contribution in [0.15, 0.2) is 36.4 Å². The molecule has 0 aliphatic rings. The van der Waals surface area contributed by atoms with Crippen LogP contribution in [0, 0.1) is 0 Å². The third kappa shape index (κ3) is 4.51. The minimum absolute atomic E-state index is 0.160. The summed E-state index contributed by atoms with van der Waals surface area (Å²) in [4.78, 5) is 4.22. The monoisotopic (exact) mass is 323 g/mol. The molecule has 112 valence electrons. The summed E-state index contributed by atoms with van der Waals surface area (Å²) in [5.74, 6) is 0.846. The van der Waals surface area contributed by atoms with Crippen LogP contribution in [0.5, 0.6) is 0 Å². The van der Waals surface area contributed by atoms with Crippen molar-refractivity contribution in [2.75, 3.05) is 11.1 Å². The van der Waals surface area contributed by atoms with Crippen LogP contribution in [0.25, 0.3) is 0 Å². The average Bonchev–Trinajstić information content (AvgIpc) is 2.44. The molecular formula is C16H19Cl2N3. The second-order valence-corrected chi connectivity index (χ2v) is 6.49. The molecule has 0 saturated carbocycles. The molecule has 5 heteroatoms. The molecule has 0 unspecified atom stereocenters. The van der Waals surface area contributed by atoms with Crippen LogP contribution in [-0.4, -0.2) is 10.5 Å². The summed E-state index contributed by atoms with van der Waals surface area (Å²) >= 11 is 12.1. The Balaban J connectivity index is 2.05. The van der Waals surface area contributed by atoms with Gasteiger partial charge in [-0.1, -0.05) is 53.5 Å².